The molecule has 0 aliphatic carbocycles. The van der Waals surface area contributed by atoms with E-state index in [-0.39, 0.29) is 98.1 Å². The van der Waals surface area contributed by atoms with Crippen molar-refractivity contribution >= 4 is 100 Å². The topological polar surface area (TPSA) is 77.8 Å². The Morgan fingerprint density at radius 3 is 1.25 bits per heavy atom. The van der Waals surface area contributed by atoms with E-state index in [0.717, 1.165) is 0 Å². The monoisotopic (exact) mass is 336 g/mol. The van der Waals surface area contributed by atoms with Crippen molar-refractivity contribution in [1.82, 2.24) is 0 Å². The predicted octanol–water partition coefficient (Wildman–Crippen LogP) is -2.16. The Kier molecular flexibility index (Phi) is 28.5. The minimum atomic E-state index is -4.64. The fourth-order valence-electron chi connectivity index (χ4n) is 0. The molecule has 0 aliphatic rings. The third kappa shape index (κ3) is 61.2. The third-order valence-corrected chi connectivity index (χ3v) is 0. The fraction of sp³-hybridized carbons (Fsp3) is 0. The van der Waals surface area contributed by atoms with E-state index in [1.54, 1.807) is 0 Å². The Hall–Kier alpha value is 3.16. The number of hydrogen-bond acceptors (Lipinski definition) is 1. The van der Waals surface area contributed by atoms with Crippen molar-refractivity contribution in [3.05, 3.63) is 0 Å². The van der Waals surface area contributed by atoms with Gasteiger partial charge in [-0.3, -0.25) is 0 Å². The molecule has 0 rings (SSSR count). The molecule has 0 unspecified atom stereocenters. The van der Waals surface area contributed by atoms with Crippen molar-refractivity contribution in [1.29, 1.82) is 0 Å². The summed E-state index contributed by atoms with van der Waals surface area (Å²) in [5.41, 5.74) is 0. The Morgan fingerprint density at radius 1 is 1.25 bits per heavy atom. The molecule has 0 aromatic carbocycles. The van der Waals surface area contributed by atoms with Gasteiger partial charge in [0.25, 0.3) is 0 Å². The molecule has 8 heteroatoms. The standard InChI is InChI=1S/Mg.H3O4P.Sn.Sr.6H/c;1-5(2,3)4;;;;;;;;/h;(H3,1,2,3,4);;;;;;;;/q+2;;;+2;;;4*-1. The SMILES string of the molecule is O=P(O)(O)O.[H-].[H-].[H-].[H-].[Mg+2].[SnH2].[Sr+2]. The van der Waals surface area contributed by atoms with Gasteiger partial charge in [-0.15, -0.1) is 0 Å². The van der Waals surface area contributed by atoms with Gasteiger partial charge in [-0.05, 0) is 0 Å². The second-order valence-electron chi connectivity index (χ2n) is 0.513. The minimum absolute atomic E-state index is 0. The molecule has 0 bridgehead atoms. The Labute approximate surface area is 123 Å². The predicted molar refractivity (Wildman–Crippen MR) is 38.8 cm³/mol. The zero-order valence-corrected chi connectivity index (χ0v) is 14.1. The molecule has 0 aliphatic heterocycles. The van der Waals surface area contributed by atoms with Crippen molar-refractivity contribution in [2.75, 3.05) is 0 Å². The quantitative estimate of drug-likeness (QED) is 0.348. The molecular formula is H9MgO4PSnSr. The van der Waals surface area contributed by atoms with Crippen molar-refractivity contribution in [3.8, 4) is 0 Å². The molecule has 0 amide bonds. The summed E-state index contributed by atoms with van der Waals surface area (Å²) in [7, 11) is -4.64. The summed E-state index contributed by atoms with van der Waals surface area (Å²) < 4.78 is 8.88. The number of rotatable bonds is 0. The molecule has 0 saturated carbocycles. The van der Waals surface area contributed by atoms with Gasteiger partial charge in [0.15, 0.2) is 0 Å². The zero-order chi connectivity index (χ0) is 4.50. The van der Waals surface area contributed by atoms with Crippen LogP contribution in [0.25, 0.3) is 0 Å². The second kappa shape index (κ2) is 10.2. The molecule has 3 N–H and O–H groups in total. The summed E-state index contributed by atoms with van der Waals surface area (Å²) in [6.07, 6.45) is 0. The zero-order valence-electron chi connectivity index (χ0n) is 8.32. The summed E-state index contributed by atoms with van der Waals surface area (Å²) in [4.78, 5) is 21.6. The van der Waals surface area contributed by atoms with E-state index >= 15 is 0 Å². The normalized spacial score (nSPS) is 7.38. The molecule has 0 aromatic heterocycles. The van der Waals surface area contributed by atoms with E-state index in [1.165, 1.54) is 0 Å². The van der Waals surface area contributed by atoms with Gasteiger partial charge in [-0.1, -0.05) is 0 Å². The molecule has 46 valence electrons. The summed E-state index contributed by atoms with van der Waals surface area (Å²) >= 11 is 0. The number of hydrogen-bond donors (Lipinski definition) is 3. The van der Waals surface area contributed by atoms with Crippen LogP contribution in [0.4, 0.5) is 0 Å². The van der Waals surface area contributed by atoms with Crippen LogP contribution in [-0.4, -0.2) is 107 Å². The first kappa shape index (κ1) is 22.5. The van der Waals surface area contributed by atoms with E-state index in [2.05, 4.69) is 0 Å². The summed E-state index contributed by atoms with van der Waals surface area (Å²) in [6.45, 7) is 0. The summed E-state index contributed by atoms with van der Waals surface area (Å²) in [5.74, 6) is 0. The molecule has 4 nitrogen and oxygen atoms in total. The van der Waals surface area contributed by atoms with E-state index in [1.807, 2.05) is 0 Å². The molecule has 0 heterocycles. The van der Waals surface area contributed by atoms with Gasteiger partial charge in [-0.2, -0.15) is 0 Å². The second-order valence-corrected chi connectivity index (χ2v) is 1.54. The smallest absolute Gasteiger partial charge is 2.00 e. The van der Waals surface area contributed by atoms with Gasteiger partial charge >= 0.3 is 100 Å². The van der Waals surface area contributed by atoms with E-state index < -0.39 is 7.82 Å². The van der Waals surface area contributed by atoms with Crippen molar-refractivity contribution in [3.63, 3.8) is 0 Å². The Morgan fingerprint density at radius 2 is 1.25 bits per heavy atom. The van der Waals surface area contributed by atoms with Crippen molar-refractivity contribution in [2.45, 2.75) is 0 Å². The first-order valence-electron chi connectivity index (χ1n) is 0.783. The first-order chi connectivity index (χ1) is 2.00. The molecule has 2 radical (unpaired) electrons. The van der Waals surface area contributed by atoms with Gasteiger partial charge in [0, 0.05) is 0 Å². The van der Waals surface area contributed by atoms with Crippen LogP contribution in [0.5, 0.6) is 0 Å². The fourth-order valence-corrected chi connectivity index (χ4v) is 0. The van der Waals surface area contributed by atoms with Crippen LogP contribution in [0, 0.1) is 0 Å². The van der Waals surface area contributed by atoms with Crippen LogP contribution in [-0.2, 0) is 4.57 Å². The molecule has 0 atom stereocenters. The van der Waals surface area contributed by atoms with Crippen LogP contribution >= 0.6 is 7.82 Å². The molecule has 0 saturated heterocycles. The van der Waals surface area contributed by atoms with Crippen LogP contribution < -0.4 is 0 Å². The largest absolute Gasteiger partial charge is 2.00 e. The molecule has 8 heavy (non-hydrogen) atoms. The van der Waals surface area contributed by atoms with Crippen molar-refractivity contribution in [2.24, 2.45) is 0 Å². The third-order valence-electron chi connectivity index (χ3n) is 0. The molecule has 0 aromatic rings. The summed E-state index contributed by atoms with van der Waals surface area (Å²) in [6, 6.07) is 0. The van der Waals surface area contributed by atoms with Crippen molar-refractivity contribution < 1.29 is 25.0 Å². The van der Waals surface area contributed by atoms with Crippen LogP contribution in [0.3, 0.4) is 0 Å². The maximum Gasteiger partial charge on any atom is 2.00 e. The number of phosphoric acid groups is 1. The minimum Gasteiger partial charge on any atom is 2.00 e. The van der Waals surface area contributed by atoms with E-state index in [0.29, 0.717) is 0 Å². The average Bonchev–Trinajstić information content (AvgIpc) is 0.722. The first-order valence-corrected chi connectivity index (χ1v) is 2.35. The van der Waals surface area contributed by atoms with Gasteiger partial charge in [0.1, 0.15) is 0 Å². The molecule has 0 fully saturated rings. The maximum atomic E-state index is 8.88. The Balaban J connectivity index is -0.00000000381. The van der Waals surface area contributed by atoms with Crippen LogP contribution in [0.15, 0.2) is 0 Å². The van der Waals surface area contributed by atoms with E-state index in [4.69, 9.17) is 19.2 Å². The molecular weight excluding hydrogens is 326 g/mol. The summed E-state index contributed by atoms with van der Waals surface area (Å²) in [5, 5.41) is 0. The van der Waals surface area contributed by atoms with Gasteiger partial charge in [-0.25, -0.2) is 4.57 Å². The average molecular weight is 335 g/mol. The van der Waals surface area contributed by atoms with Gasteiger partial charge in [0.2, 0.25) is 0 Å². The van der Waals surface area contributed by atoms with Gasteiger partial charge in [0.05, 0.1) is 0 Å². The van der Waals surface area contributed by atoms with Crippen LogP contribution in [0.2, 0.25) is 0 Å². The van der Waals surface area contributed by atoms with Crippen LogP contribution in [0.1, 0.15) is 5.71 Å². The maximum absolute atomic E-state index is 8.88. The van der Waals surface area contributed by atoms with Gasteiger partial charge < -0.3 is 20.4 Å². The molecule has 0 spiro atoms. The van der Waals surface area contributed by atoms with E-state index in [9.17, 15) is 0 Å². The Bertz CT molecular complexity index is 73.2.